The third-order valence-electron chi connectivity index (χ3n) is 7.52. The minimum atomic E-state index is -0.495. The van der Waals surface area contributed by atoms with Gasteiger partial charge >= 0.3 is 6.03 Å². The van der Waals surface area contributed by atoms with Crippen LogP contribution < -0.4 is 10.6 Å². The zero-order chi connectivity index (χ0) is 21.8. The zero-order valence-corrected chi connectivity index (χ0v) is 17.1. The molecule has 158 valence electrons. The molecule has 3 heterocycles. The maximum Gasteiger partial charge on any atom is 0.319 e. The summed E-state index contributed by atoms with van der Waals surface area (Å²) < 4.78 is 0. The van der Waals surface area contributed by atoms with Gasteiger partial charge in [-0.2, -0.15) is 0 Å². The number of ketones is 1. The summed E-state index contributed by atoms with van der Waals surface area (Å²) in [7, 11) is 0. The molecule has 2 aliphatic carbocycles. The van der Waals surface area contributed by atoms with Gasteiger partial charge in [-0.15, -0.1) is 0 Å². The molecule has 32 heavy (non-hydrogen) atoms. The number of rotatable bonds is 1. The monoisotopic (exact) mass is 425 g/mol. The van der Waals surface area contributed by atoms with Crippen molar-refractivity contribution < 1.29 is 14.4 Å². The number of allylic oxidation sites excluding steroid dienone is 2. The number of aromatic amines is 1. The first-order valence-electron chi connectivity index (χ1n) is 10.8. The van der Waals surface area contributed by atoms with E-state index in [0.29, 0.717) is 30.9 Å². The molecule has 1 spiro atoms. The fraction of sp³-hybridized carbons (Fsp3) is 0.250. The van der Waals surface area contributed by atoms with Gasteiger partial charge in [0.15, 0.2) is 11.6 Å². The molecule has 1 saturated carbocycles. The van der Waals surface area contributed by atoms with Gasteiger partial charge in [0.1, 0.15) is 0 Å². The number of fused-ring (bicyclic) bond motifs is 4. The number of hydrogen-bond donors (Lipinski definition) is 2. The molecule has 1 saturated heterocycles. The molecule has 2 atom stereocenters. The van der Waals surface area contributed by atoms with Crippen LogP contribution >= 0.6 is 0 Å². The highest BCUT2D eigenvalue weighted by molar-refractivity contribution is 6.10. The number of nitrogens with zero attached hydrogens (tertiary/aromatic N) is 3. The largest absolute Gasteiger partial charge is 0.351 e. The number of piperidine rings is 1. The number of amides is 3. The number of carbonyl (C=O) groups excluding carboxylic acids is 3. The van der Waals surface area contributed by atoms with Crippen molar-refractivity contribution in [2.75, 3.05) is 18.0 Å². The highest BCUT2D eigenvalue weighted by Crippen LogP contribution is 2.66. The summed E-state index contributed by atoms with van der Waals surface area (Å²) in [5.41, 5.74) is 10.9. The van der Waals surface area contributed by atoms with Crippen molar-refractivity contribution in [1.82, 2.24) is 14.9 Å². The van der Waals surface area contributed by atoms with Crippen LogP contribution in [-0.4, -0.2) is 45.7 Å². The Balaban J connectivity index is 1.28. The minimum Gasteiger partial charge on any atom is -0.351 e. The molecule has 1 aromatic heterocycles. The zero-order valence-electron chi connectivity index (χ0n) is 17.1. The first-order chi connectivity index (χ1) is 15.5. The Morgan fingerprint density at radius 2 is 2.00 bits per heavy atom. The van der Waals surface area contributed by atoms with Gasteiger partial charge in [-0.05, 0) is 36.5 Å². The summed E-state index contributed by atoms with van der Waals surface area (Å²) >= 11 is 0. The van der Waals surface area contributed by atoms with Gasteiger partial charge in [-0.1, -0.05) is 24.3 Å². The summed E-state index contributed by atoms with van der Waals surface area (Å²) in [5, 5.41) is 0. The highest BCUT2D eigenvalue weighted by atomic mass is 16.2. The summed E-state index contributed by atoms with van der Waals surface area (Å²) in [5.74, 6) is 0.282. The summed E-state index contributed by atoms with van der Waals surface area (Å²) in [4.78, 5) is 49.0. The molecule has 3 amide bonds. The van der Waals surface area contributed by atoms with Gasteiger partial charge < -0.3 is 15.6 Å². The number of urea groups is 1. The molecule has 2 aromatic carbocycles. The fourth-order valence-corrected chi connectivity index (χ4v) is 6.00. The molecule has 0 bridgehead atoms. The van der Waals surface area contributed by atoms with E-state index in [1.807, 2.05) is 36.4 Å². The van der Waals surface area contributed by atoms with E-state index in [9.17, 15) is 14.4 Å². The normalized spacial score (nSPS) is 24.7. The fourth-order valence-electron chi connectivity index (χ4n) is 6.00. The second-order valence-corrected chi connectivity index (χ2v) is 9.01. The third kappa shape index (κ3) is 2.02. The predicted molar refractivity (Wildman–Crippen MR) is 116 cm³/mol. The lowest BCUT2D eigenvalue weighted by molar-refractivity contribution is 0.0801. The van der Waals surface area contributed by atoms with Crippen LogP contribution in [-0.2, 0) is 11.8 Å². The lowest BCUT2D eigenvalue weighted by atomic mass is 9.81. The second-order valence-electron chi connectivity index (χ2n) is 9.01. The molecule has 2 aliphatic heterocycles. The van der Waals surface area contributed by atoms with E-state index in [-0.39, 0.29) is 22.9 Å². The van der Waals surface area contributed by atoms with Crippen LogP contribution in [0.4, 0.5) is 10.5 Å². The third-order valence-corrected chi connectivity index (χ3v) is 7.52. The molecule has 0 radical (unpaired) electrons. The van der Waals surface area contributed by atoms with E-state index in [2.05, 4.69) is 9.97 Å². The quantitative estimate of drug-likeness (QED) is 0.624. The topological polar surface area (TPSA) is 112 Å². The van der Waals surface area contributed by atoms with Crippen LogP contribution in [0.5, 0.6) is 0 Å². The maximum atomic E-state index is 13.5. The van der Waals surface area contributed by atoms with Crippen molar-refractivity contribution in [2.45, 2.75) is 18.3 Å². The van der Waals surface area contributed by atoms with Crippen LogP contribution in [0.3, 0.4) is 0 Å². The van der Waals surface area contributed by atoms with Crippen molar-refractivity contribution in [2.24, 2.45) is 11.7 Å². The Labute approximate surface area is 182 Å². The van der Waals surface area contributed by atoms with Crippen LogP contribution in [0.2, 0.25) is 0 Å². The molecule has 4 aliphatic rings. The van der Waals surface area contributed by atoms with E-state index < -0.39 is 6.03 Å². The van der Waals surface area contributed by atoms with Crippen molar-refractivity contribution in [3.05, 3.63) is 70.7 Å². The number of nitrogens with two attached hydrogens (primary N) is 1. The number of aromatic nitrogens is 2. The van der Waals surface area contributed by atoms with Gasteiger partial charge in [-0.3, -0.25) is 14.5 Å². The van der Waals surface area contributed by atoms with E-state index in [0.717, 1.165) is 40.0 Å². The second kappa shape index (κ2) is 5.64. The first kappa shape index (κ1) is 17.7. The van der Waals surface area contributed by atoms with Gasteiger partial charge in [-0.25, -0.2) is 9.78 Å². The molecular formula is C24H19N5O3. The Morgan fingerprint density at radius 3 is 2.84 bits per heavy atom. The van der Waals surface area contributed by atoms with Crippen LogP contribution in [0.15, 0.2) is 48.2 Å². The van der Waals surface area contributed by atoms with Gasteiger partial charge in [0, 0.05) is 41.4 Å². The maximum absolute atomic E-state index is 13.5. The number of benzene rings is 2. The first-order valence-corrected chi connectivity index (χ1v) is 10.8. The van der Waals surface area contributed by atoms with Gasteiger partial charge in [0.25, 0.3) is 5.91 Å². The Bertz CT molecular complexity index is 1440. The molecule has 8 nitrogen and oxygen atoms in total. The van der Waals surface area contributed by atoms with Crippen LogP contribution in [0.1, 0.15) is 38.5 Å². The van der Waals surface area contributed by atoms with Crippen molar-refractivity contribution in [3.63, 3.8) is 0 Å². The SMILES string of the molecule is NC(=O)N1CCc2c1ccc1[nH]c(C(=O)N3CC4C[C@@]45C3=CC(=O)c3ccccc35)nc21. The number of nitrogens with one attached hydrogen (secondary N) is 1. The lowest BCUT2D eigenvalue weighted by Gasteiger charge is -2.28. The van der Waals surface area contributed by atoms with Crippen LogP contribution in [0, 0.1) is 5.92 Å². The molecule has 1 unspecified atom stereocenters. The van der Waals surface area contributed by atoms with E-state index >= 15 is 0 Å². The lowest BCUT2D eigenvalue weighted by Crippen LogP contribution is -2.34. The van der Waals surface area contributed by atoms with E-state index in [1.54, 1.807) is 11.0 Å². The standard InChI is InChI=1S/C24H19N5O3/c25-23(32)28-8-7-14-17(28)6-5-16-20(14)27-21(26-16)22(31)29-11-12-10-24(12)15-4-2-1-3-13(15)18(30)9-19(24)29/h1-6,9,12H,7-8,10-11H2,(H2,25,32)(H,26,27)/t12?,24-/m1/s1. The summed E-state index contributed by atoms with van der Waals surface area (Å²) in [6.45, 7) is 1.08. The highest BCUT2D eigenvalue weighted by Gasteiger charge is 2.67. The van der Waals surface area contributed by atoms with Crippen molar-refractivity contribution in [3.8, 4) is 0 Å². The molecule has 2 fully saturated rings. The molecule has 7 rings (SSSR count). The van der Waals surface area contributed by atoms with E-state index in [1.165, 1.54) is 4.90 Å². The molecule has 3 N–H and O–H groups in total. The van der Waals surface area contributed by atoms with Crippen molar-refractivity contribution in [1.29, 1.82) is 0 Å². The predicted octanol–water partition coefficient (Wildman–Crippen LogP) is 2.50. The Morgan fingerprint density at radius 1 is 1.16 bits per heavy atom. The minimum absolute atomic E-state index is 0.0551. The summed E-state index contributed by atoms with van der Waals surface area (Å²) in [6.07, 6.45) is 3.24. The van der Waals surface area contributed by atoms with Gasteiger partial charge in [0.2, 0.25) is 0 Å². The molecular weight excluding hydrogens is 406 g/mol. The average Bonchev–Trinajstić information content (AvgIpc) is 3.13. The van der Waals surface area contributed by atoms with Crippen LogP contribution in [0.25, 0.3) is 11.0 Å². The summed E-state index contributed by atoms with van der Waals surface area (Å²) in [6, 6.07) is 10.9. The average molecular weight is 425 g/mol. The van der Waals surface area contributed by atoms with Gasteiger partial charge in [0.05, 0.1) is 16.7 Å². The number of H-pyrrole nitrogens is 1. The van der Waals surface area contributed by atoms with Crippen molar-refractivity contribution >= 4 is 34.4 Å². The Hall–Kier alpha value is -3.94. The number of carbonyl (C=O) groups is 3. The molecule has 8 heteroatoms. The number of primary amides is 1. The number of likely N-dealkylation sites (tertiary alicyclic amines) is 1. The number of anilines is 1. The molecule has 3 aromatic rings. The number of imidazole rings is 1. The van der Waals surface area contributed by atoms with E-state index in [4.69, 9.17) is 5.73 Å². The Kier molecular flexibility index (Phi) is 3.12. The smallest absolute Gasteiger partial charge is 0.319 e. The number of hydrogen-bond acceptors (Lipinski definition) is 4.